The molecular formula is C22H15FN4O3. The fourth-order valence-corrected chi connectivity index (χ4v) is 3.06. The van der Waals surface area contributed by atoms with E-state index in [-0.39, 0.29) is 17.0 Å². The Morgan fingerprint density at radius 3 is 2.40 bits per heavy atom. The number of carbonyl (C=O) groups is 2. The number of halogens is 1. The molecule has 0 atom stereocenters. The van der Waals surface area contributed by atoms with E-state index in [9.17, 15) is 14.0 Å². The second kappa shape index (κ2) is 7.96. The third-order valence-corrected chi connectivity index (χ3v) is 4.43. The Labute approximate surface area is 170 Å². The van der Waals surface area contributed by atoms with Crippen molar-refractivity contribution in [3.8, 4) is 22.4 Å². The van der Waals surface area contributed by atoms with Crippen LogP contribution in [0.2, 0.25) is 0 Å². The summed E-state index contributed by atoms with van der Waals surface area (Å²) in [6.07, 6.45) is 3.16. The van der Waals surface area contributed by atoms with Crippen LogP contribution in [0.4, 0.5) is 10.3 Å². The molecule has 0 radical (unpaired) electrons. The van der Waals surface area contributed by atoms with Crippen LogP contribution in [0.1, 0.15) is 20.7 Å². The van der Waals surface area contributed by atoms with Crippen LogP contribution >= 0.6 is 0 Å². The molecule has 30 heavy (non-hydrogen) atoms. The summed E-state index contributed by atoms with van der Waals surface area (Å²) in [5.41, 5.74) is 7.28. The van der Waals surface area contributed by atoms with Crippen LogP contribution in [0.15, 0.2) is 77.6 Å². The lowest BCUT2D eigenvalue weighted by Gasteiger charge is -2.09. The van der Waals surface area contributed by atoms with Gasteiger partial charge in [0, 0.05) is 29.1 Å². The van der Waals surface area contributed by atoms with Crippen LogP contribution in [0, 0.1) is 5.82 Å². The second-order valence-electron chi connectivity index (χ2n) is 6.32. The minimum absolute atomic E-state index is 0.0455. The van der Waals surface area contributed by atoms with E-state index < -0.39 is 17.6 Å². The maximum Gasteiger partial charge on any atom is 0.261 e. The zero-order valence-electron chi connectivity index (χ0n) is 15.5. The summed E-state index contributed by atoms with van der Waals surface area (Å²) >= 11 is 0. The normalized spacial score (nSPS) is 10.6. The first-order valence-electron chi connectivity index (χ1n) is 8.91. The number of hydrogen-bond acceptors (Lipinski definition) is 5. The zero-order chi connectivity index (χ0) is 21.1. The molecule has 3 N–H and O–H groups in total. The second-order valence-corrected chi connectivity index (χ2v) is 6.32. The van der Waals surface area contributed by atoms with E-state index in [0.717, 1.165) is 0 Å². The first-order valence-corrected chi connectivity index (χ1v) is 8.91. The zero-order valence-corrected chi connectivity index (χ0v) is 15.5. The predicted molar refractivity (Wildman–Crippen MR) is 108 cm³/mol. The summed E-state index contributed by atoms with van der Waals surface area (Å²) < 4.78 is 19.4. The van der Waals surface area contributed by atoms with Crippen molar-refractivity contribution in [2.45, 2.75) is 0 Å². The van der Waals surface area contributed by atoms with Gasteiger partial charge in [0.1, 0.15) is 11.5 Å². The lowest BCUT2D eigenvalue weighted by Crippen LogP contribution is -2.15. The molecule has 0 unspecified atom stereocenters. The largest absolute Gasteiger partial charge is 0.366 e. The van der Waals surface area contributed by atoms with Crippen LogP contribution in [0.3, 0.4) is 0 Å². The highest BCUT2D eigenvalue weighted by Crippen LogP contribution is 2.39. The van der Waals surface area contributed by atoms with E-state index in [1.165, 1.54) is 18.2 Å². The molecule has 2 heterocycles. The molecule has 0 aliphatic rings. The van der Waals surface area contributed by atoms with E-state index in [1.54, 1.807) is 54.9 Å². The van der Waals surface area contributed by atoms with Crippen molar-refractivity contribution < 1.29 is 18.5 Å². The van der Waals surface area contributed by atoms with Crippen LogP contribution in [-0.4, -0.2) is 22.0 Å². The lowest BCUT2D eigenvalue weighted by atomic mass is 9.96. The molecular weight excluding hydrogens is 387 g/mol. The van der Waals surface area contributed by atoms with Gasteiger partial charge in [-0.3, -0.25) is 19.9 Å². The molecule has 0 aliphatic heterocycles. The Morgan fingerprint density at radius 1 is 0.967 bits per heavy atom. The highest BCUT2D eigenvalue weighted by molar-refractivity contribution is 6.08. The molecule has 0 spiro atoms. The van der Waals surface area contributed by atoms with Crippen LogP contribution in [0.5, 0.6) is 0 Å². The summed E-state index contributed by atoms with van der Waals surface area (Å²) in [5, 5.41) is 6.60. The summed E-state index contributed by atoms with van der Waals surface area (Å²) in [6, 6.07) is 15.6. The smallest absolute Gasteiger partial charge is 0.261 e. The molecule has 4 aromatic rings. The van der Waals surface area contributed by atoms with Crippen molar-refractivity contribution in [3.63, 3.8) is 0 Å². The van der Waals surface area contributed by atoms with Crippen molar-refractivity contribution in [1.29, 1.82) is 0 Å². The Hall–Kier alpha value is -4.33. The van der Waals surface area contributed by atoms with Crippen molar-refractivity contribution in [1.82, 2.24) is 10.1 Å². The fraction of sp³-hybridized carbons (Fsp3) is 0. The van der Waals surface area contributed by atoms with Gasteiger partial charge in [0.2, 0.25) is 11.8 Å². The number of nitrogens with two attached hydrogens (primary N) is 1. The molecule has 2 aromatic heterocycles. The number of hydrogen-bond donors (Lipinski definition) is 2. The van der Waals surface area contributed by atoms with Gasteiger partial charge < -0.3 is 10.3 Å². The Balaban J connectivity index is 1.87. The molecule has 4 rings (SSSR count). The third kappa shape index (κ3) is 3.53. The quantitative estimate of drug-likeness (QED) is 0.526. The number of benzene rings is 2. The molecule has 0 bridgehead atoms. The monoisotopic (exact) mass is 402 g/mol. The molecule has 0 saturated carbocycles. The van der Waals surface area contributed by atoms with Gasteiger partial charge in [-0.1, -0.05) is 35.5 Å². The van der Waals surface area contributed by atoms with Crippen molar-refractivity contribution in [3.05, 3.63) is 90.0 Å². The minimum Gasteiger partial charge on any atom is -0.366 e. The van der Waals surface area contributed by atoms with Gasteiger partial charge in [0.25, 0.3) is 5.91 Å². The lowest BCUT2D eigenvalue weighted by molar-refractivity contribution is 0.0997. The number of nitrogens with one attached hydrogen (secondary N) is 1. The number of rotatable bonds is 5. The molecule has 0 fully saturated rings. The van der Waals surface area contributed by atoms with Crippen molar-refractivity contribution >= 4 is 17.7 Å². The Kier molecular flexibility index (Phi) is 5.04. The van der Waals surface area contributed by atoms with E-state index >= 15 is 0 Å². The van der Waals surface area contributed by atoms with Crippen LogP contribution < -0.4 is 11.1 Å². The number of anilines is 1. The van der Waals surface area contributed by atoms with Gasteiger partial charge in [-0.15, -0.1) is 0 Å². The topological polar surface area (TPSA) is 111 Å². The maximum absolute atomic E-state index is 14.0. The van der Waals surface area contributed by atoms with E-state index in [1.807, 2.05) is 0 Å². The molecule has 0 aliphatic carbocycles. The summed E-state index contributed by atoms with van der Waals surface area (Å²) in [6.45, 7) is 0. The standard InChI is InChI=1S/C22H15FN4O3/c23-17-10-4-3-9-16(17)21(29)26-22-18(14-7-1-2-8-15(14)20(24)28)19(27-30-22)13-6-5-11-25-12-13/h1-12H,(H2,24,28)(H,26,29). The minimum atomic E-state index is -0.722. The van der Waals surface area contributed by atoms with E-state index in [4.69, 9.17) is 10.3 Å². The first-order chi connectivity index (χ1) is 14.6. The molecule has 2 aromatic carbocycles. The van der Waals surface area contributed by atoms with Gasteiger partial charge in [-0.25, -0.2) is 4.39 Å². The molecule has 2 amide bonds. The maximum atomic E-state index is 14.0. The fourth-order valence-electron chi connectivity index (χ4n) is 3.06. The number of amides is 2. The van der Waals surface area contributed by atoms with Crippen molar-refractivity contribution in [2.24, 2.45) is 5.73 Å². The highest BCUT2D eigenvalue weighted by atomic mass is 19.1. The molecule has 148 valence electrons. The summed E-state index contributed by atoms with van der Waals surface area (Å²) in [5.74, 6) is -2.10. The van der Waals surface area contributed by atoms with Crippen molar-refractivity contribution in [2.75, 3.05) is 5.32 Å². The van der Waals surface area contributed by atoms with Crippen LogP contribution in [0.25, 0.3) is 22.4 Å². The predicted octanol–water partition coefficient (Wildman–Crippen LogP) is 3.89. The number of pyridine rings is 1. The van der Waals surface area contributed by atoms with Gasteiger partial charge in [-0.05, 0) is 30.3 Å². The summed E-state index contributed by atoms with van der Waals surface area (Å²) in [4.78, 5) is 28.7. The molecule has 0 saturated heterocycles. The summed E-state index contributed by atoms with van der Waals surface area (Å²) in [7, 11) is 0. The van der Waals surface area contributed by atoms with E-state index in [0.29, 0.717) is 22.4 Å². The van der Waals surface area contributed by atoms with Crippen LogP contribution in [-0.2, 0) is 0 Å². The Bertz CT molecular complexity index is 1240. The van der Waals surface area contributed by atoms with Gasteiger partial charge in [0.05, 0.1) is 11.1 Å². The third-order valence-electron chi connectivity index (χ3n) is 4.43. The number of carbonyl (C=O) groups excluding carboxylic acids is 2. The highest BCUT2D eigenvalue weighted by Gasteiger charge is 2.25. The van der Waals surface area contributed by atoms with Gasteiger partial charge in [0.15, 0.2) is 0 Å². The Morgan fingerprint density at radius 2 is 1.70 bits per heavy atom. The van der Waals surface area contributed by atoms with Gasteiger partial charge in [-0.2, -0.15) is 0 Å². The number of primary amides is 1. The number of nitrogens with zero attached hydrogens (tertiary/aromatic N) is 2. The first kappa shape index (κ1) is 19.0. The number of aromatic nitrogens is 2. The molecule has 8 heteroatoms. The average molecular weight is 402 g/mol. The van der Waals surface area contributed by atoms with Gasteiger partial charge >= 0.3 is 0 Å². The van der Waals surface area contributed by atoms with E-state index in [2.05, 4.69) is 15.5 Å². The average Bonchev–Trinajstić information content (AvgIpc) is 3.17. The molecule has 7 nitrogen and oxygen atoms in total. The SMILES string of the molecule is NC(=O)c1ccccc1-c1c(-c2cccnc2)noc1NC(=O)c1ccccc1F.